The maximum Gasteiger partial charge on any atom is 0.160 e. The lowest BCUT2D eigenvalue weighted by atomic mass is 9.81. The average Bonchev–Trinajstić information content (AvgIpc) is 2.46. The van der Waals surface area contributed by atoms with E-state index in [-0.39, 0.29) is 24.1 Å². The maximum absolute atomic E-state index is 10.4. The van der Waals surface area contributed by atoms with Crippen LogP contribution < -0.4 is 10.5 Å². The Bertz CT molecular complexity index is 422. The summed E-state index contributed by atoms with van der Waals surface area (Å²) in [5, 5.41) is 20.1. The molecule has 114 valence electrons. The molecular formula is C15H24ClNO3. The highest BCUT2D eigenvalue weighted by molar-refractivity contribution is 5.85. The molecule has 1 aliphatic rings. The summed E-state index contributed by atoms with van der Waals surface area (Å²) in [5.74, 6) is 0.752. The molecule has 5 heteroatoms. The summed E-state index contributed by atoms with van der Waals surface area (Å²) in [6.45, 7) is 0. The van der Waals surface area contributed by atoms with Crippen molar-refractivity contribution in [3.63, 3.8) is 0 Å². The van der Waals surface area contributed by atoms with Crippen molar-refractivity contribution in [3.8, 4) is 11.5 Å². The van der Waals surface area contributed by atoms with Gasteiger partial charge in [-0.3, -0.25) is 0 Å². The number of aliphatic hydroxyl groups is 1. The summed E-state index contributed by atoms with van der Waals surface area (Å²) < 4.78 is 5.00. The van der Waals surface area contributed by atoms with Crippen LogP contribution in [-0.2, 0) is 0 Å². The third-order valence-electron chi connectivity index (χ3n) is 4.09. The molecule has 2 atom stereocenters. The van der Waals surface area contributed by atoms with Gasteiger partial charge in [0.2, 0.25) is 0 Å². The average molecular weight is 302 g/mol. The molecule has 1 aliphatic carbocycles. The van der Waals surface area contributed by atoms with E-state index < -0.39 is 12.1 Å². The second-order valence-electron chi connectivity index (χ2n) is 5.35. The molecule has 0 heterocycles. The lowest BCUT2D eigenvalue weighted by Gasteiger charge is -2.30. The molecule has 0 bridgehead atoms. The van der Waals surface area contributed by atoms with E-state index >= 15 is 0 Å². The second-order valence-corrected chi connectivity index (χ2v) is 5.35. The fourth-order valence-corrected chi connectivity index (χ4v) is 2.88. The molecule has 1 aromatic carbocycles. The minimum atomic E-state index is -0.548. The van der Waals surface area contributed by atoms with Crippen LogP contribution >= 0.6 is 12.4 Å². The zero-order valence-corrected chi connectivity index (χ0v) is 12.6. The van der Waals surface area contributed by atoms with E-state index in [0.717, 1.165) is 18.4 Å². The lowest BCUT2D eigenvalue weighted by molar-refractivity contribution is 0.0617. The maximum atomic E-state index is 10.4. The summed E-state index contributed by atoms with van der Waals surface area (Å²) in [4.78, 5) is 0. The highest BCUT2D eigenvalue weighted by Crippen LogP contribution is 2.34. The largest absolute Gasteiger partial charge is 0.504 e. The third-order valence-corrected chi connectivity index (χ3v) is 4.09. The standard InChI is InChI=1S/C15H23NO3.ClH/c1-19-13-8-7-11(9-12(13)17)14(16)15(18)10-5-3-2-4-6-10;/h7-10,14-15,17-18H,2-6,16H2,1H3;1H/t14-,15+;/m1./s1. The van der Waals surface area contributed by atoms with Crippen LogP contribution in [-0.4, -0.2) is 23.4 Å². The van der Waals surface area contributed by atoms with Crippen molar-refractivity contribution in [2.24, 2.45) is 11.7 Å². The molecule has 0 amide bonds. The Morgan fingerprint density at radius 2 is 1.90 bits per heavy atom. The molecule has 0 saturated heterocycles. The van der Waals surface area contributed by atoms with Crippen molar-refractivity contribution in [3.05, 3.63) is 23.8 Å². The van der Waals surface area contributed by atoms with Gasteiger partial charge in [0, 0.05) is 0 Å². The fourth-order valence-electron chi connectivity index (χ4n) is 2.88. The summed E-state index contributed by atoms with van der Waals surface area (Å²) >= 11 is 0. The number of aromatic hydroxyl groups is 1. The van der Waals surface area contributed by atoms with Gasteiger partial charge in [-0.25, -0.2) is 0 Å². The van der Waals surface area contributed by atoms with E-state index in [1.54, 1.807) is 18.2 Å². The number of methoxy groups -OCH3 is 1. The van der Waals surface area contributed by atoms with Crippen molar-refractivity contribution in [1.82, 2.24) is 0 Å². The first kappa shape index (κ1) is 17.1. The van der Waals surface area contributed by atoms with Crippen molar-refractivity contribution in [2.75, 3.05) is 7.11 Å². The first-order valence-corrected chi connectivity index (χ1v) is 6.94. The van der Waals surface area contributed by atoms with Gasteiger partial charge >= 0.3 is 0 Å². The SMILES string of the molecule is COc1ccc([C@@H](N)[C@@H](O)C2CCCCC2)cc1O.Cl. The Labute approximate surface area is 126 Å². The number of hydrogen-bond donors (Lipinski definition) is 3. The van der Waals surface area contributed by atoms with E-state index in [0.29, 0.717) is 5.75 Å². The van der Waals surface area contributed by atoms with E-state index in [4.69, 9.17) is 10.5 Å². The number of hydrogen-bond acceptors (Lipinski definition) is 4. The molecule has 2 rings (SSSR count). The smallest absolute Gasteiger partial charge is 0.160 e. The van der Waals surface area contributed by atoms with Gasteiger partial charge < -0.3 is 20.7 Å². The molecule has 0 spiro atoms. The molecule has 4 nitrogen and oxygen atoms in total. The number of aliphatic hydroxyl groups excluding tert-OH is 1. The molecule has 1 fully saturated rings. The summed E-state index contributed by atoms with van der Waals surface area (Å²) in [7, 11) is 1.51. The normalized spacial score (nSPS) is 18.9. The van der Waals surface area contributed by atoms with Crippen molar-refractivity contribution in [1.29, 1.82) is 0 Å². The Morgan fingerprint density at radius 3 is 2.45 bits per heavy atom. The molecule has 0 unspecified atom stereocenters. The van der Waals surface area contributed by atoms with Crippen LogP contribution in [0.5, 0.6) is 11.5 Å². The molecule has 0 aliphatic heterocycles. The Balaban J connectivity index is 0.00000200. The van der Waals surface area contributed by atoms with Gasteiger partial charge in [-0.15, -0.1) is 12.4 Å². The quantitative estimate of drug-likeness (QED) is 0.799. The number of halogens is 1. The van der Waals surface area contributed by atoms with E-state index in [1.807, 2.05) is 0 Å². The van der Waals surface area contributed by atoms with Crippen molar-refractivity contribution in [2.45, 2.75) is 44.2 Å². The van der Waals surface area contributed by atoms with Crippen LogP contribution in [0.1, 0.15) is 43.7 Å². The monoisotopic (exact) mass is 301 g/mol. The number of phenols is 1. The minimum absolute atomic E-state index is 0. The molecular weight excluding hydrogens is 278 g/mol. The zero-order valence-electron chi connectivity index (χ0n) is 11.8. The van der Waals surface area contributed by atoms with Gasteiger partial charge in [0.1, 0.15) is 0 Å². The topological polar surface area (TPSA) is 75.7 Å². The predicted octanol–water partition coefficient (Wildman–Crippen LogP) is 2.76. The van der Waals surface area contributed by atoms with Crippen LogP contribution in [0.25, 0.3) is 0 Å². The van der Waals surface area contributed by atoms with E-state index in [1.165, 1.54) is 26.4 Å². The van der Waals surface area contributed by atoms with Gasteiger partial charge in [-0.2, -0.15) is 0 Å². The molecule has 1 aromatic rings. The fraction of sp³-hybridized carbons (Fsp3) is 0.600. The van der Waals surface area contributed by atoms with Gasteiger partial charge in [-0.1, -0.05) is 25.3 Å². The Morgan fingerprint density at radius 1 is 1.25 bits per heavy atom. The highest BCUT2D eigenvalue weighted by atomic mass is 35.5. The van der Waals surface area contributed by atoms with Crippen LogP contribution in [0.2, 0.25) is 0 Å². The highest BCUT2D eigenvalue weighted by Gasteiger charge is 2.27. The molecule has 4 N–H and O–H groups in total. The number of nitrogens with two attached hydrogens (primary N) is 1. The van der Waals surface area contributed by atoms with Gasteiger partial charge in [0.05, 0.1) is 19.3 Å². The first-order chi connectivity index (χ1) is 9.13. The number of ether oxygens (including phenoxy) is 1. The lowest BCUT2D eigenvalue weighted by Crippen LogP contribution is -2.34. The van der Waals surface area contributed by atoms with Crippen molar-refractivity contribution >= 4 is 12.4 Å². The summed E-state index contributed by atoms with van der Waals surface area (Å²) in [6.07, 6.45) is 5.12. The van der Waals surface area contributed by atoms with Gasteiger partial charge in [-0.05, 0) is 36.5 Å². The number of phenolic OH excluding ortho intramolecular Hbond substituents is 1. The van der Waals surface area contributed by atoms with Crippen LogP contribution in [0.3, 0.4) is 0 Å². The molecule has 1 saturated carbocycles. The third kappa shape index (κ3) is 3.78. The van der Waals surface area contributed by atoms with Gasteiger partial charge in [0.15, 0.2) is 11.5 Å². The predicted molar refractivity (Wildman–Crippen MR) is 81.4 cm³/mol. The van der Waals surface area contributed by atoms with Crippen LogP contribution in [0.15, 0.2) is 18.2 Å². The second kappa shape index (κ2) is 7.72. The molecule has 0 aromatic heterocycles. The van der Waals surface area contributed by atoms with Gasteiger partial charge in [0.25, 0.3) is 0 Å². The Hall–Kier alpha value is -0.970. The van der Waals surface area contributed by atoms with E-state index in [9.17, 15) is 10.2 Å². The van der Waals surface area contributed by atoms with Crippen LogP contribution in [0, 0.1) is 5.92 Å². The van der Waals surface area contributed by atoms with E-state index in [2.05, 4.69) is 0 Å². The molecule has 0 radical (unpaired) electrons. The Kier molecular flexibility index (Phi) is 6.59. The van der Waals surface area contributed by atoms with Crippen molar-refractivity contribution < 1.29 is 14.9 Å². The number of benzene rings is 1. The minimum Gasteiger partial charge on any atom is -0.504 e. The first-order valence-electron chi connectivity index (χ1n) is 6.94. The molecule has 20 heavy (non-hydrogen) atoms. The summed E-state index contributed by atoms with van der Waals surface area (Å²) in [5.41, 5.74) is 6.87. The number of rotatable bonds is 4. The summed E-state index contributed by atoms with van der Waals surface area (Å²) in [6, 6.07) is 4.60. The zero-order chi connectivity index (χ0) is 13.8. The van der Waals surface area contributed by atoms with Crippen LogP contribution in [0.4, 0.5) is 0 Å².